The lowest BCUT2D eigenvalue weighted by Gasteiger charge is -2.25. The summed E-state index contributed by atoms with van der Waals surface area (Å²) in [4.78, 5) is 0. The summed E-state index contributed by atoms with van der Waals surface area (Å²) in [6.07, 6.45) is 3.46. The number of hydrogen-bond donors (Lipinski definition) is 1. The zero-order valence-corrected chi connectivity index (χ0v) is 10.9. The van der Waals surface area contributed by atoms with Crippen molar-refractivity contribution >= 4 is 11.6 Å². The second-order valence-corrected chi connectivity index (χ2v) is 5.07. The highest BCUT2D eigenvalue weighted by Crippen LogP contribution is 2.24. The highest BCUT2D eigenvalue weighted by Gasteiger charge is 2.19. The van der Waals surface area contributed by atoms with Crippen LogP contribution in [-0.4, -0.2) is 17.3 Å². The lowest BCUT2D eigenvalue weighted by Crippen LogP contribution is -2.24. The fraction of sp³-hybridized carbons (Fsp3) is 0.500. The summed E-state index contributed by atoms with van der Waals surface area (Å²) >= 11 is 6.08. The molecule has 1 saturated carbocycles. The lowest BCUT2D eigenvalue weighted by atomic mass is 9.95. The van der Waals surface area contributed by atoms with Gasteiger partial charge in [0.1, 0.15) is 0 Å². The summed E-state index contributed by atoms with van der Waals surface area (Å²) in [5.74, 6) is 0. The Labute approximate surface area is 112 Å². The summed E-state index contributed by atoms with van der Waals surface area (Å²) in [6.45, 7) is 0.464. The SMILES string of the molecule is N#Cc1ccc(COC2CCC(O)CC2)c(Cl)c1. The third-order valence-corrected chi connectivity index (χ3v) is 3.65. The standard InChI is InChI=1S/C14H16ClNO2/c15-14-7-10(8-16)1-2-11(14)9-18-13-5-3-12(17)4-6-13/h1-2,7,12-13,17H,3-6,9H2. The first-order chi connectivity index (χ1) is 8.69. The molecule has 1 aromatic rings. The Morgan fingerprint density at radius 3 is 2.67 bits per heavy atom. The highest BCUT2D eigenvalue weighted by atomic mass is 35.5. The molecule has 18 heavy (non-hydrogen) atoms. The van der Waals surface area contributed by atoms with E-state index in [0.717, 1.165) is 31.2 Å². The van der Waals surface area contributed by atoms with Gasteiger partial charge in [-0.1, -0.05) is 17.7 Å². The topological polar surface area (TPSA) is 53.2 Å². The van der Waals surface area contributed by atoms with Gasteiger partial charge in [0.2, 0.25) is 0 Å². The van der Waals surface area contributed by atoms with Gasteiger partial charge in [0, 0.05) is 5.02 Å². The van der Waals surface area contributed by atoms with Crippen LogP contribution >= 0.6 is 11.6 Å². The smallest absolute Gasteiger partial charge is 0.0992 e. The maximum Gasteiger partial charge on any atom is 0.0992 e. The van der Waals surface area contributed by atoms with Crippen molar-refractivity contribution in [2.75, 3.05) is 0 Å². The number of nitrogens with zero attached hydrogens (tertiary/aromatic N) is 1. The van der Waals surface area contributed by atoms with Crippen LogP contribution in [0.25, 0.3) is 0 Å². The van der Waals surface area contributed by atoms with Crippen LogP contribution in [0.5, 0.6) is 0 Å². The van der Waals surface area contributed by atoms with Crippen LogP contribution in [0.15, 0.2) is 18.2 Å². The van der Waals surface area contributed by atoms with Crippen LogP contribution < -0.4 is 0 Å². The van der Waals surface area contributed by atoms with Crippen molar-refractivity contribution in [2.45, 2.75) is 44.5 Å². The van der Waals surface area contributed by atoms with E-state index < -0.39 is 0 Å². The Hall–Kier alpha value is -1.08. The van der Waals surface area contributed by atoms with Gasteiger partial charge < -0.3 is 9.84 Å². The summed E-state index contributed by atoms with van der Waals surface area (Å²) in [6, 6.07) is 7.29. The van der Waals surface area contributed by atoms with E-state index in [4.69, 9.17) is 21.6 Å². The lowest BCUT2D eigenvalue weighted by molar-refractivity contribution is -0.0118. The maximum atomic E-state index is 9.41. The predicted molar refractivity (Wildman–Crippen MR) is 69.2 cm³/mol. The number of nitriles is 1. The molecule has 0 bridgehead atoms. The fourth-order valence-electron chi connectivity index (χ4n) is 2.15. The molecule has 1 fully saturated rings. The number of aliphatic hydroxyl groups excluding tert-OH is 1. The molecule has 0 heterocycles. The largest absolute Gasteiger partial charge is 0.393 e. The first-order valence-electron chi connectivity index (χ1n) is 6.17. The molecule has 4 heteroatoms. The molecule has 0 amide bonds. The quantitative estimate of drug-likeness (QED) is 0.914. The van der Waals surface area contributed by atoms with Crippen LogP contribution in [0.2, 0.25) is 5.02 Å². The molecule has 0 aromatic heterocycles. The van der Waals surface area contributed by atoms with Gasteiger partial charge in [0.15, 0.2) is 0 Å². The van der Waals surface area contributed by atoms with Crippen molar-refractivity contribution in [3.63, 3.8) is 0 Å². The minimum atomic E-state index is -0.164. The molecule has 0 atom stereocenters. The summed E-state index contributed by atoms with van der Waals surface area (Å²) < 4.78 is 5.79. The van der Waals surface area contributed by atoms with E-state index in [0.29, 0.717) is 17.2 Å². The van der Waals surface area contributed by atoms with Crippen LogP contribution in [0.1, 0.15) is 36.8 Å². The van der Waals surface area contributed by atoms with Crippen molar-refractivity contribution in [2.24, 2.45) is 0 Å². The molecular formula is C14H16ClNO2. The van der Waals surface area contributed by atoms with Gasteiger partial charge in [-0.2, -0.15) is 5.26 Å². The molecule has 0 aliphatic heterocycles. The van der Waals surface area contributed by atoms with Crippen molar-refractivity contribution < 1.29 is 9.84 Å². The first kappa shape index (κ1) is 13.4. The van der Waals surface area contributed by atoms with E-state index in [9.17, 15) is 5.11 Å². The Balaban J connectivity index is 1.89. The number of rotatable bonds is 3. The molecule has 1 aliphatic carbocycles. The molecule has 1 aromatic carbocycles. The van der Waals surface area contributed by atoms with Gasteiger partial charge in [0.05, 0.1) is 30.4 Å². The molecule has 0 spiro atoms. The highest BCUT2D eigenvalue weighted by molar-refractivity contribution is 6.31. The Bertz CT molecular complexity index is 448. The number of hydrogen-bond acceptors (Lipinski definition) is 3. The van der Waals surface area contributed by atoms with E-state index >= 15 is 0 Å². The van der Waals surface area contributed by atoms with Crippen LogP contribution in [0, 0.1) is 11.3 Å². The number of halogens is 1. The maximum absolute atomic E-state index is 9.41. The average molecular weight is 266 g/mol. The van der Waals surface area contributed by atoms with Gasteiger partial charge in [-0.3, -0.25) is 0 Å². The van der Waals surface area contributed by atoms with Crippen molar-refractivity contribution in [3.8, 4) is 6.07 Å². The van der Waals surface area contributed by atoms with Gasteiger partial charge >= 0.3 is 0 Å². The monoisotopic (exact) mass is 265 g/mol. The molecule has 2 rings (SSSR count). The van der Waals surface area contributed by atoms with Crippen molar-refractivity contribution in [1.29, 1.82) is 5.26 Å². The summed E-state index contributed by atoms with van der Waals surface area (Å²) in [5, 5.41) is 18.7. The van der Waals surface area contributed by atoms with Crippen molar-refractivity contribution in [1.82, 2.24) is 0 Å². The minimum Gasteiger partial charge on any atom is -0.393 e. The van der Waals surface area contributed by atoms with Gasteiger partial charge in [-0.15, -0.1) is 0 Å². The summed E-state index contributed by atoms with van der Waals surface area (Å²) in [7, 11) is 0. The first-order valence-corrected chi connectivity index (χ1v) is 6.55. The average Bonchev–Trinajstić information content (AvgIpc) is 2.39. The van der Waals surface area contributed by atoms with Crippen LogP contribution in [-0.2, 0) is 11.3 Å². The predicted octanol–water partition coefficient (Wildman–Crippen LogP) is 3.03. The third kappa shape index (κ3) is 3.46. The van der Waals surface area contributed by atoms with E-state index in [1.807, 2.05) is 6.07 Å². The third-order valence-electron chi connectivity index (χ3n) is 3.30. The molecule has 1 N–H and O–H groups in total. The van der Waals surface area contributed by atoms with Crippen molar-refractivity contribution in [3.05, 3.63) is 34.3 Å². The molecule has 0 radical (unpaired) electrons. The fourth-order valence-corrected chi connectivity index (χ4v) is 2.39. The number of ether oxygens (including phenoxy) is 1. The van der Waals surface area contributed by atoms with E-state index in [1.165, 1.54) is 0 Å². The van der Waals surface area contributed by atoms with Gasteiger partial charge in [0.25, 0.3) is 0 Å². The Kier molecular flexibility index (Phi) is 4.60. The van der Waals surface area contributed by atoms with E-state index in [-0.39, 0.29) is 12.2 Å². The molecule has 1 aliphatic rings. The zero-order valence-electron chi connectivity index (χ0n) is 10.1. The number of benzene rings is 1. The molecule has 0 saturated heterocycles. The molecule has 0 unspecified atom stereocenters. The Morgan fingerprint density at radius 2 is 2.06 bits per heavy atom. The van der Waals surface area contributed by atoms with Gasteiger partial charge in [-0.05, 0) is 43.4 Å². The second-order valence-electron chi connectivity index (χ2n) is 4.66. The van der Waals surface area contributed by atoms with E-state index in [2.05, 4.69) is 6.07 Å². The molecular weight excluding hydrogens is 250 g/mol. The van der Waals surface area contributed by atoms with Crippen LogP contribution in [0.3, 0.4) is 0 Å². The van der Waals surface area contributed by atoms with Crippen LogP contribution in [0.4, 0.5) is 0 Å². The zero-order chi connectivity index (χ0) is 13.0. The number of aliphatic hydroxyl groups is 1. The normalized spacial score (nSPS) is 23.6. The minimum absolute atomic E-state index is 0.164. The van der Waals surface area contributed by atoms with Gasteiger partial charge in [-0.25, -0.2) is 0 Å². The second kappa shape index (κ2) is 6.19. The molecule has 3 nitrogen and oxygen atoms in total. The molecule has 96 valence electrons. The van der Waals surface area contributed by atoms with E-state index in [1.54, 1.807) is 12.1 Å². The Morgan fingerprint density at radius 1 is 1.33 bits per heavy atom. The summed E-state index contributed by atoms with van der Waals surface area (Å²) in [5.41, 5.74) is 1.46.